The van der Waals surface area contributed by atoms with E-state index in [1.165, 1.54) is 23.5 Å². The van der Waals surface area contributed by atoms with Crippen LogP contribution in [-0.4, -0.2) is 30.6 Å². The molecule has 2 fully saturated rings. The van der Waals surface area contributed by atoms with Crippen LogP contribution in [0.15, 0.2) is 226 Å². The van der Waals surface area contributed by atoms with Crippen LogP contribution in [0.5, 0.6) is 0 Å². The minimum absolute atomic E-state index is 0.103. The predicted octanol–water partition coefficient (Wildman–Crippen LogP) is 12.4. The number of carbonyl (C=O) groups excluding carboxylic acids is 2. The molecule has 4 heterocycles. The molecule has 7 aromatic carbocycles. The highest BCUT2D eigenvalue weighted by molar-refractivity contribution is 8.29. The number of nitrogens with zero attached hydrogens (tertiary/aromatic N) is 6. The molecule has 11 rings (SSSR count). The number of hydrazone groups is 2. The summed E-state index contributed by atoms with van der Waals surface area (Å²) in [5.74, 6) is -0.206. The Morgan fingerprint density at radius 2 is 0.703 bits per heavy atom. The molecule has 0 aliphatic carbocycles. The Morgan fingerprint density at radius 1 is 0.375 bits per heavy atom. The summed E-state index contributed by atoms with van der Waals surface area (Å²) in [5.41, 5.74) is 6.87. The third kappa shape index (κ3) is 7.12. The number of hydrogen-bond acceptors (Lipinski definition) is 10. The van der Waals surface area contributed by atoms with Crippen molar-refractivity contribution in [3.8, 4) is 0 Å². The first-order valence-corrected chi connectivity index (χ1v) is 23.8. The lowest BCUT2D eigenvalue weighted by Gasteiger charge is -2.38. The summed E-state index contributed by atoms with van der Waals surface area (Å²) in [6.07, 6.45) is 3.93. The van der Waals surface area contributed by atoms with Gasteiger partial charge in [0.1, 0.15) is 10.1 Å². The van der Waals surface area contributed by atoms with Crippen molar-refractivity contribution in [2.24, 2.45) is 10.2 Å². The van der Waals surface area contributed by atoms with Gasteiger partial charge in [-0.3, -0.25) is 19.4 Å². The zero-order valence-corrected chi connectivity index (χ0v) is 37.2. The van der Waals surface area contributed by atoms with Gasteiger partial charge in [0.15, 0.2) is 0 Å². The quantitative estimate of drug-likeness (QED) is 0.140. The molecule has 310 valence electrons. The SMILES string of the molecule is O=C1/C(=C\c2ccccc2)SC2(SC(c3cccc(C4=NN(c5ccccc5)C5(S4)S/C(=C/c4ccccc4)C(=O)N5c4ccccc4)c3)=NN2c2ccccc2)N1c1ccccc1. The molecule has 8 nitrogen and oxygen atoms in total. The van der Waals surface area contributed by atoms with Crippen molar-refractivity contribution in [1.82, 2.24) is 0 Å². The smallest absolute Gasteiger partial charge is 0.268 e. The maximum absolute atomic E-state index is 14.8. The average Bonchev–Trinajstić information content (AvgIpc) is 4.08. The van der Waals surface area contributed by atoms with Gasteiger partial charge >= 0.3 is 0 Å². The van der Waals surface area contributed by atoms with E-state index in [9.17, 15) is 9.59 Å². The Balaban J connectivity index is 1.01. The van der Waals surface area contributed by atoms with E-state index < -0.39 is 8.65 Å². The number of anilines is 4. The van der Waals surface area contributed by atoms with E-state index in [1.54, 1.807) is 23.5 Å². The van der Waals surface area contributed by atoms with Crippen LogP contribution in [0.25, 0.3) is 12.2 Å². The summed E-state index contributed by atoms with van der Waals surface area (Å²) in [7, 11) is 0. The topological polar surface area (TPSA) is 71.8 Å². The Kier molecular flexibility index (Phi) is 10.5. The van der Waals surface area contributed by atoms with Gasteiger partial charge in [0.2, 0.25) is 8.65 Å². The van der Waals surface area contributed by atoms with Crippen LogP contribution in [0.3, 0.4) is 0 Å². The van der Waals surface area contributed by atoms with Gasteiger partial charge in [0, 0.05) is 22.5 Å². The molecule has 4 aliphatic heterocycles. The number of hydrogen-bond donors (Lipinski definition) is 0. The van der Waals surface area contributed by atoms with Crippen LogP contribution in [-0.2, 0) is 9.59 Å². The summed E-state index contributed by atoms with van der Waals surface area (Å²) >= 11 is 6.09. The minimum Gasteiger partial charge on any atom is -0.268 e. The summed E-state index contributed by atoms with van der Waals surface area (Å²) in [5, 5.41) is 16.2. The molecule has 2 amide bonds. The Morgan fingerprint density at radius 3 is 1.06 bits per heavy atom. The van der Waals surface area contributed by atoms with Crippen molar-refractivity contribution in [2.75, 3.05) is 19.8 Å². The first-order valence-electron chi connectivity index (χ1n) is 20.6. The maximum atomic E-state index is 14.8. The van der Waals surface area contributed by atoms with Gasteiger partial charge in [-0.1, -0.05) is 175 Å². The van der Waals surface area contributed by atoms with Gasteiger partial charge in [-0.2, -0.15) is 10.2 Å². The highest BCUT2D eigenvalue weighted by Crippen LogP contribution is 2.61. The molecule has 7 aromatic rings. The van der Waals surface area contributed by atoms with Gasteiger partial charge in [0.25, 0.3) is 11.8 Å². The molecule has 0 bridgehead atoms. The van der Waals surface area contributed by atoms with E-state index in [0.717, 1.165) is 55.1 Å². The van der Waals surface area contributed by atoms with Gasteiger partial charge in [0.05, 0.1) is 21.2 Å². The van der Waals surface area contributed by atoms with Crippen LogP contribution in [0, 0.1) is 0 Å². The van der Waals surface area contributed by atoms with Gasteiger partial charge in [-0.05, 0) is 101 Å². The van der Waals surface area contributed by atoms with Crippen molar-refractivity contribution < 1.29 is 9.59 Å². The third-order valence-corrected chi connectivity index (χ3v) is 16.4. The van der Waals surface area contributed by atoms with Crippen molar-refractivity contribution >= 4 is 104 Å². The first-order chi connectivity index (χ1) is 31.5. The average molecular weight is 905 g/mol. The first kappa shape index (κ1) is 40.1. The molecule has 0 radical (unpaired) electrons. The summed E-state index contributed by atoms with van der Waals surface area (Å²) in [6, 6.07) is 67.8. The van der Waals surface area contributed by atoms with Gasteiger partial charge < -0.3 is 0 Å². The molecule has 0 saturated carbocycles. The highest BCUT2D eigenvalue weighted by atomic mass is 32.2. The van der Waals surface area contributed by atoms with E-state index in [-0.39, 0.29) is 11.8 Å². The van der Waals surface area contributed by atoms with Crippen LogP contribution in [0.2, 0.25) is 0 Å². The molecular weight excluding hydrogens is 869 g/mol. The number of benzene rings is 7. The van der Waals surface area contributed by atoms with Crippen LogP contribution in [0.4, 0.5) is 22.7 Å². The Hall–Kier alpha value is -6.70. The number of para-hydroxylation sites is 4. The molecular formula is C52H36N6O2S4. The standard InChI is InChI=1S/C52H36N6O2S4/c59-49-45(34-37-20-7-1-8-21-37)61-51(55(49)41-26-11-3-12-27-41)57(43-30-15-5-16-31-43)53-47(63-51)39-24-19-25-40(36-39)48-54-58(44-32-17-6-18-33-44)52(64-48)56(42-28-13-4-14-29-42)50(60)46(62-52)35-38-22-9-2-10-23-38/h1-36H/b45-34+,46-35+. The molecule has 4 aliphatic rings. The van der Waals surface area contributed by atoms with E-state index in [2.05, 4.69) is 18.2 Å². The van der Waals surface area contributed by atoms with Crippen molar-refractivity contribution in [3.63, 3.8) is 0 Å². The monoisotopic (exact) mass is 904 g/mol. The molecule has 0 aromatic heterocycles. The third-order valence-electron chi connectivity index (χ3n) is 10.8. The molecule has 2 spiro atoms. The lowest BCUT2D eigenvalue weighted by molar-refractivity contribution is -0.115. The van der Waals surface area contributed by atoms with E-state index in [4.69, 9.17) is 10.2 Å². The molecule has 2 atom stereocenters. The van der Waals surface area contributed by atoms with Gasteiger partial charge in [-0.15, -0.1) is 0 Å². The van der Waals surface area contributed by atoms with E-state index in [1.807, 2.05) is 220 Å². The number of thioether (sulfide) groups is 4. The van der Waals surface area contributed by atoms with Crippen molar-refractivity contribution in [3.05, 3.63) is 238 Å². The zero-order valence-electron chi connectivity index (χ0n) is 33.9. The molecule has 2 unspecified atom stereocenters. The molecule has 0 N–H and O–H groups in total. The second-order valence-corrected chi connectivity index (χ2v) is 20.2. The van der Waals surface area contributed by atoms with Gasteiger partial charge in [-0.25, -0.2) is 10.0 Å². The number of amides is 2. The lowest BCUT2D eigenvalue weighted by Crippen LogP contribution is -2.51. The Bertz CT molecular complexity index is 2810. The minimum atomic E-state index is -1.03. The van der Waals surface area contributed by atoms with Crippen molar-refractivity contribution in [2.45, 2.75) is 8.65 Å². The fourth-order valence-corrected chi connectivity index (χ4v) is 13.9. The number of carbonyl (C=O) groups is 2. The molecule has 64 heavy (non-hydrogen) atoms. The fraction of sp³-hybridized carbons (Fsp3) is 0.0385. The Labute approximate surface area is 388 Å². The van der Waals surface area contributed by atoms with E-state index in [0.29, 0.717) is 9.81 Å². The molecule has 2 saturated heterocycles. The lowest BCUT2D eigenvalue weighted by atomic mass is 10.1. The van der Waals surface area contributed by atoms with Crippen LogP contribution < -0.4 is 19.8 Å². The maximum Gasteiger partial charge on any atom is 0.268 e. The predicted molar refractivity (Wildman–Crippen MR) is 270 cm³/mol. The fourth-order valence-electron chi connectivity index (χ4n) is 7.94. The summed E-state index contributed by atoms with van der Waals surface area (Å²) in [6.45, 7) is 0. The molecule has 12 heteroatoms. The summed E-state index contributed by atoms with van der Waals surface area (Å²) < 4.78 is -2.06. The zero-order chi connectivity index (χ0) is 43.1. The largest absolute Gasteiger partial charge is 0.268 e. The highest BCUT2D eigenvalue weighted by Gasteiger charge is 2.61. The van der Waals surface area contributed by atoms with Crippen LogP contribution in [0.1, 0.15) is 22.3 Å². The second-order valence-electron chi connectivity index (χ2n) is 15.0. The van der Waals surface area contributed by atoms with Crippen LogP contribution >= 0.6 is 47.0 Å². The van der Waals surface area contributed by atoms with E-state index >= 15 is 0 Å². The second kappa shape index (κ2) is 16.8. The normalized spacial score (nSPS) is 21.8. The van der Waals surface area contributed by atoms with Crippen molar-refractivity contribution in [1.29, 1.82) is 0 Å². The number of rotatable bonds is 8. The summed E-state index contributed by atoms with van der Waals surface area (Å²) in [4.78, 5) is 34.5.